The number of carbonyl (C=O) groups is 2. The molecule has 0 aliphatic carbocycles. The molecule has 0 fully saturated rings. The summed E-state index contributed by atoms with van der Waals surface area (Å²) in [6.07, 6.45) is 44.0. The Morgan fingerprint density at radius 2 is 0.920 bits per heavy atom. The second-order valence-corrected chi connectivity index (χ2v) is 14.8. The average Bonchev–Trinajstić information content (AvgIpc) is 3.10. The fourth-order valence-corrected chi connectivity index (χ4v) is 6.57. The summed E-state index contributed by atoms with van der Waals surface area (Å²) in [6, 6.07) is 0. The molecule has 0 rings (SSSR count). The highest BCUT2D eigenvalue weighted by molar-refractivity contribution is 5.79. The van der Waals surface area contributed by atoms with E-state index >= 15 is 0 Å². The Bertz CT molecular complexity index is 796. The van der Waals surface area contributed by atoms with E-state index in [1.807, 2.05) is 0 Å². The minimum atomic E-state index is -0.00526. The van der Waals surface area contributed by atoms with Crippen LogP contribution in [0, 0.1) is 0 Å². The van der Waals surface area contributed by atoms with Gasteiger partial charge in [-0.15, -0.1) is 0 Å². The summed E-state index contributed by atoms with van der Waals surface area (Å²) in [6.45, 7) is 7.20. The molecule has 294 valence electrons. The molecule has 0 spiro atoms. The number of hydrogen-bond donors (Lipinski definition) is 3. The van der Waals surface area contributed by atoms with E-state index in [0.717, 1.165) is 38.8 Å². The topological polar surface area (TPSA) is 114 Å². The fraction of sp³-hybridized carbons (Fsp3) is 0.884. The molecule has 0 aromatic carbocycles. The van der Waals surface area contributed by atoms with Crippen LogP contribution in [0.25, 0.3) is 0 Å². The second-order valence-electron chi connectivity index (χ2n) is 14.8. The lowest BCUT2D eigenvalue weighted by Crippen LogP contribution is -2.36. The van der Waals surface area contributed by atoms with Crippen molar-refractivity contribution in [2.24, 2.45) is 16.5 Å². The predicted octanol–water partition coefficient (Wildman–Crippen LogP) is 11.3. The van der Waals surface area contributed by atoms with Gasteiger partial charge in [0, 0.05) is 39.0 Å². The van der Waals surface area contributed by atoms with Crippen molar-refractivity contribution in [1.29, 1.82) is 0 Å². The minimum Gasteiger partial charge on any atom is -0.370 e. The van der Waals surface area contributed by atoms with Crippen molar-refractivity contribution < 1.29 is 9.59 Å². The Morgan fingerprint density at radius 3 is 1.34 bits per heavy atom. The summed E-state index contributed by atoms with van der Waals surface area (Å²) in [5.41, 5.74) is 10.7. The van der Waals surface area contributed by atoms with E-state index in [2.05, 4.69) is 41.2 Å². The zero-order valence-corrected chi connectivity index (χ0v) is 33.5. The standard InChI is InChI=1S/C43H85N5O2/c1-3-5-7-9-11-13-15-17-19-20-22-24-26-28-30-34-40-48(42(50)36-38-46-41(49)35-31-32-37-47-43(44)45)39-33-29-27-25-23-21-18-16-14-12-10-8-6-4-2/h17,19H,3-16,18,20-40H2,1-2H3,(H,46,49)(H4,44,45,47)/b19-17-. The molecule has 2 amide bonds. The molecule has 0 aromatic heterocycles. The first kappa shape index (κ1) is 48.0. The van der Waals surface area contributed by atoms with E-state index in [9.17, 15) is 9.59 Å². The van der Waals surface area contributed by atoms with Crippen LogP contribution in [0.1, 0.15) is 219 Å². The van der Waals surface area contributed by atoms with Crippen LogP contribution in [0.4, 0.5) is 0 Å². The normalized spacial score (nSPS) is 11.3. The summed E-state index contributed by atoms with van der Waals surface area (Å²) >= 11 is 0. The van der Waals surface area contributed by atoms with Gasteiger partial charge in [0.1, 0.15) is 0 Å². The highest BCUT2D eigenvalue weighted by Crippen LogP contribution is 2.14. The first-order valence-corrected chi connectivity index (χ1v) is 21.8. The van der Waals surface area contributed by atoms with Crippen LogP contribution in [0.5, 0.6) is 0 Å². The Kier molecular flexibility index (Phi) is 38.1. The third-order valence-corrected chi connectivity index (χ3v) is 9.84. The lowest BCUT2D eigenvalue weighted by Gasteiger charge is -2.23. The van der Waals surface area contributed by atoms with Crippen LogP contribution in [-0.4, -0.2) is 48.9 Å². The second kappa shape index (κ2) is 39.7. The van der Waals surface area contributed by atoms with E-state index in [-0.39, 0.29) is 17.8 Å². The zero-order chi connectivity index (χ0) is 36.6. The molecular formula is C43H85N5O2. The van der Waals surface area contributed by atoms with Gasteiger partial charge in [-0.1, -0.05) is 167 Å². The van der Waals surface area contributed by atoms with Crippen molar-refractivity contribution in [3.05, 3.63) is 12.2 Å². The number of hydrogen-bond acceptors (Lipinski definition) is 3. The molecule has 0 aromatic rings. The molecule has 0 saturated carbocycles. The molecule has 7 nitrogen and oxygen atoms in total. The van der Waals surface area contributed by atoms with E-state index in [1.165, 1.54) is 167 Å². The number of nitrogens with two attached hydrogens (primary N) is 2. The van der Waals surface area contributed by atoms with Crippen molar-refractivity contribution in [3.8, 4) is 0 Å². The van der Waals surface area contributed by atoms with E-state index in [0.29, 0.717) is 25.9 Å². The Morgan fingerprint density at radius 1 is 0.520 bits per heavy atom. The fourth-order valence-electron chi connectivity index (χ4n) is 6.57. The summed E-state index contributed by atoms with van der Waals surface area (Å²) in [7, 11) is 0. The lowest BCUT2D eigenvalue weighted by molar-refractivity contribution is -0.131. The average molecular weight is 704 g/mol. The van der Waals surface area contributed by atoms with Gasteiger partial charge in [-0.25, -0.2) is 0 Å². The van der Waals surface area contributed by atoms with Gasteiger partial charge < -0.3 is 21.7 Å². The van der Waals surface area contributed by atoms with Crippen LogP contribution in [-0.2, 0) is 9.59 Å². The largest absolute Gasteiger partial charge is 0.370 e. The van der Waals surface area contributed by atoms with Crippen LogP contribution >= 0.6 is 0 Å². The number of aliphatic imine (C=N–C) groups is 1. The van der Waals surface area contributed by atoms with Crippen LogP contribution in [0.2, 0.25) is 0 Å². The highest BCUT2D eigenvalue weighted by atomic mass is 16.2. The zero-order valence-electron chi connectivity index (χ0n) is 33.5. The lowest BCUT2D eigenvalue weighted by atomic mass is 10.0. The van der Waals surface area contributed by atoms with Gasteiger partial charge in [0.2, 0.25) is 11.8 Å². The van der Waals surface area contributed by atoms with Gasteiger partial charge in [-0.3, -0.25) is 14.6 Å². The monoisotopic (exact) mass is 704 g/mol. The molecule has 0 aliphatic heterocycles. The third kappa shape index (κ3) is 37.2. The van der Waals surface area contributed by atoms with Gasteiger partial charge in [-0.2, -0.15) is 0 Å². The van der Waals surface area contributed by atoms with Crippen LogP contribution in [0.3, 0.4) is 0 Å². The molecule has 7 heteroatoms. The molecule has 0 unspecified atom stereocenters. The number of unbranched alkanes of at least 4 members (excludes halogenated alkanes) is 26. The molecule has 0 bridgehead atoms. The molecular weight excluding hydrogens is 619 g/mol. The first-order chi connectivity index (χ1) is 24.5. The number of rotatable bonds is 39. The summed E-state index contributed by atoms with van der Waals surface area (Å²) in [5, 5.41) is 2.94. The quantitative estimate of drug-likeness (QED) is 0.0256. The van der Waals surface area contributed by atoms with E-state index in [1.54, 1.807) is 0 Å². The van der Waals surface area contributed by atoms with Gasteiger partial charge in [-0.05, 0) is 51.4 Å². The Labute approximate surface area is 311 Å². The number of guanidine groups is 1. The van der Waals surface area contributed by atoms with Gasteiger partial charge in [0.05, 0.1) is 0 Å². The van der Waals surface area contributed by atoms with Gasteiger partial charge in [0.15, 0.2) is 5.96 Å². The molecule has 0 atom stereocenters. The molecule has 0 saturated heterocycles. The van der Waals surface area contributed by atoms with Crippen molar-refractivity contribution in [3.63, 3.8) is 0 Å². The molecule has 5 N–H and O–H groups in total. The van der Waals surface area contributed by atoms with Crippen molar-refractivity contribution >= 4 is 17.8 Å². The maximum Gasteiger partial charge on any atom is 0.224 e. The summed E-state index contributed by atoms with van der Waals surface area (Å²) < 4.78 is 0. The summed E-state index contributed by atoms with van der Waals surface area (Å²) in [4.78, 5) is 31.4. The number of nitrogens with one attached hydrogen (secondary N) is 1. The molecule has 0 aliphatic rings. The molecule has 0 radical (unpaired) electrons. The van der Waals surface area contributed by atoms with Crippen LogP contribution < -0.4 is 16.8 Å². The number of allylic oxidation sites excluding steroid dienone is 2. The number of amides is 2. The van der Waals surface area contributed by atoms with Gasteiger partial charge >= 0.3 is 0 Å². The first-order valence-electron chi connectivity index (χ1n) is 21.8. The Balaban J connectivity index is 4.21. The van der Waals surface area contributed by atoms with E-state index in [4.69, 9.17) is 11.5 Å². The minimum absolute atomic E-state index is 0.00526. The van der Waals surface area contributed by atoms with Crippen LogP contribution in [0.15, 0.2) is 17.1 Å². The van der Waals surface area contributed by atoms with Crippen molar-refractivity contribution in [1.82, 2.24) is 10.2 Å². The van der Waals surface area contributed by atoms with Gasteiger partial charge in [0.25, 0.3) is 0 Å². The van der Waals surface area contributed by atoms with Crippen molar-refractivity contribution in [2.75, 3.05) is 26.2 Å². The van der Waals surface area contributed by atoms with E-state index < -0.39 is 0 Å². The maximum absolute atomic E-state index is 13.2. The smallest absolute Gasteiger partial charge is 0.224 e. The Hall–Kier alpha value is -2.05. The molecule has 0 heterocycles. The SMILES string of the molecule is CCCCCCCC/C=C\CCCCCCCCN(CCCCCCCCCCCCCCCC)C(=O)CCNC(=O)CCCCN=C(N)N. The molecule has 50 heavy (non-hydrogen) atoms. The number of carbonyl (C=O) groups excluding carboxylic acids is 2. The predicted molar refractivity (Wildman–Crippen MR) is 218 cm³/mol. The number of nitrogens with zero attached hydrogens (tertiary/aromatic N) is 2. The maximum atomic E-state index is 13.2. The third-order valence-electron chi connectivity index (χ3n) is 9.84. The highest BCUT2D eigenvalue weighted by Gasteiger charge is 2.13. The van der Waals surface area contributed by atoms with Crippen molar-refractivity contribution in [2.45, 2.75) is 219 Å². The summed E-state index contributed by atoms with van der Waals surface area (Å²) in [5.74, 6) is 0.263.